The number of aliphatic hydroxyl groups is 1. The zero-order chi connectivity index (χ0) is 23.3. The highest BCUT2D eigenvalue weighted by Crippen LogP contribution is 2.59. The summed E-state index contributed by atoms with van der Waals surface area (Å²) in [6.45, 7) is 28.9. The van der Waals surface area contributed by atoms with Crippen LogP contribution in [0.5, 0.6) is 0 Å². The maximum absolute atomic E-state index is 11.2. The Bertz CT molecular complexity index is 590. The van der Waals surface area contributed by atoms with Crippen molar-refractivity contribution < 1.29 is 14.0 Å². The standard InChI is InChI=1S/C25H52O3Si2/c1-18(17-27-29(9,10)23(2,3)4)19-13-14-20-21(15-16-22(26)25(19,20)8)28-30(11,12)24(5,6)7/h18-22,26H,13-17H2,1-12H3/t18-,19-,20+,21+,22+,25-/m1/s1. The predicted octanol–water partition coefficient (Wildman–Crippen LogP) is 7.22. The fraction of sp³-hybridized carbons (Fsp3) is 1.00. The topological polar surface area (TPSA) is 38.7 Å². The molecule has 2 fully saturated rings. The van der Waals surface area contributed by atoms with Gasteiger partial charge >= 0.3 is 0 Å². The Morgan fingerprint density at radius 1 is 0.900 bits per heavy atom. The summed E-state index contributed by atoms with van der Waals surface area (Å²) in [7, 11) is -3.57. The second-order valence-electron chi connectivity index (χ2n) is 13.7. The van der Waals surface area contributed by atoms with Gasteiger partial charge in [0.25, 0.3) is 0 Å². The van der Waals surface area contributed by atoms with Gasteiger partial charge in [-0.1, -0.05) is 55.4 Å². The minimum absolute atomic E-state index is 0.0541. The van der Waals surface area contributed by atoms with Crippen LogP contribution in [0, 0.1) is 23.2 Å². The van der Waals surface area contributed by atoms with Crippen LogP contribution in [0.25, 0.3) is 0 Å². The molecule has 2 saturated carbocycles. The van der Waals surface area contributed by atoms with Gasteiger partial charge in [-0.05, 0) is 79.7 Å². The molecule has 0 saturated heterocycles. The third-order valence-corrected chi connectivity index (χ3v) is 18.7. The van der Waals surface area contributed by atoms with Gasteiger partial charge in [0.05, 0.1) is 6.10 Å². The molecule has 30 heavy (non-hydrogen) atoms. The van der Waals surface area contributed by atoms with E-state index in [0.29, 0.717) is 23.9 Å². The predicted molar refractivity (Wildman–Crippen MR) is 134 cm³/mol. The molecule has 1 N–H and O–H groups in total. The van der Waals surface area contributed by atoms with E-state index in [9.17, 15) is 5.11 Å². The largest absolute Gasteiger partial charge is 0.417 e. The number of hydrogen-bond acceptors (Lipinski definition) is 3. The summed E-state index contributed by atoms with van der Waals surface area (Å²) in [5, 5.41) is 11.7. The van der Waals surface area contributed by atoms with Gasteiger partial charge in [-0.25, -0.2) is 0 Å². The van der Waals surface area contributed by atoms with Crippen LogP contribution in [0.1, 0.15) is 81.1 Å². The van der Waals surface area contributed by atoms with E-state index in [2.05, 4.69) is 81.6 Å². The zero-order valence-corrected chi connectivity index (χ0v) is 24.2. The quantitative estimate of drug-likeness (QED) is 0.429. The molecule has 2 rings (SSSR count). The van der Waals surface area contributed by atoms with E-state index < -0.39 is 16.6 Å². The summed E-state index contributed by atoms with van der Waals surface area (Å²) in [5.74, 6) is 1.44. The Hall–Kier alpha value is 0.314. The third-order valence-electron chi connectivity index (χ3n) is 9.73. The summed E-state index contributed by atoms with van der Waals surface area (Å²) in [6.07, 6.45) is 4.34. The Labute approximate surface area is 190 Å². The molecular weight excluding hydrogens is 404 g/mol. The summed E-state index contributed by atoms with van der Waals surface area (Å²) < 4.78 is 13.6. The van der Waals surface area contributed by atoms with Crippen molar-refractivity contribution in [2.24, 2.45) is 23.2 Å². The molecule has 178 valence electrons. The highest BCUT2D eigenvalue weighted by atomic mass is 28.4. The Balaban J connectivity index is 2.17. The van der Waals surface area contributed by atoms with Crippen LogP contribution in [-0.2, 0) is 8.85 Å². The Morgan fingerprint density at radius 2 is 1.43 bits per heavy atom. The third kappa shape index (κ3) is 4.95. The average molecular weight is 457 g/mol. The van der Waals surface area contributed by atoms with Crippen LogP contribution < -0.4 is 0 Å². The molecule has 0 radical (unpaired) electrons. The Kier molecular flexibility index (Phi) is 7.60. The van der Waals surface area contributed by atoms with Crippen LogP contribution in [0.3, 0.4) is 0 Å². The molecule has 0 aromatic heterocycles. The minimum atomic E-state index is -1.82. The lowest BCUT2D eigenvalue weighted by molar-refractivity contribution is -0.110. The molecule has 0 amide bonds. The van der Waals surface area contributed by atoms with Crippen molar-refractivity contribution in [1.82, 2.24) is 0 Å². The van der Waals surface area contributed by atoms with Gasteiger partial charge in [-0.15, -0.1) is 0 Å². The van der Waals surface area contributed by atoms with E-state index in [-0.39, 0.29) is 21.6 Å². The lowest BCUT2D eigenvalue weighted by Crippen LogP contribution is -2.55. The summed E-state index contributed by atoms with van der Waals surface area (Å²) in [6, 6.07) is 0. The van der Waals surface area contributed by atoms with E-state index in [0.717, 1.165) is 19.4 Å². The van der Waals surface area contributed by atoms with Crippen molar-refractivity contribution in [3.63, 3.8) is 0 Å². The summed E-state index contributed by atoms with van der Waals surface area (Å²) in [5.41, 5.74) is -0.0541. The molecule has 0 heterocycles. The van der Waals surface area contributed by atoms with Crippen LogP contribution in [0.4, 0.5) is 0 Å². The van der Waals surface area contributed by atoms with Crippen molar-refractivity contribution in [2.75, 3.05) is 6.61 Å². The molecule has 6 atom stereocenters. The lowest BCUT2D eigenvalue weighted by Gasteiger charge is -2.52. The first kappa shape index (κ1) is 26.6. The van der Waals surface area contributed by atoms with Crippen molar-refractivity contribution >= 4 is 16.6 Å². The molecule has 0 aromatic carbocycles. The van der Waals surface area contributed by atoms with Gasteiger partial charge < -0.3 is 14.0 Å². The van der Waals surface area contributed by atoms with Crippen LogP contribution in [0.2, 0.25) is 36.3 Å². The minimum Gasteiger partial charge on any atom is -0.417 e. The van der Waals surface area contributed by atoms with E-state index in [4.69, 9.17) is 8.85 Å². The molecular formula is C25H52O3Si2. The zero-order valence-electron chi connectivity index (χ0n) is 22.2. The second-order valence-corrected chi connectivity index (χ2v) is 23.3. The van der Waals surface area contributed by atoms with Crippen LogP contribution in [-0.4, -0.2) is 40.6 Å². The maximum Gasteiger partial charge on any atom is 0.192 e. The molecule has 3 nitrogen and oxygen atoms in total. The van der Waals surface area contributed by atoms with Gasteiger partial charge in [0.2, 0.25) is 0 Å². The van der Waals surface area contributed by atoms with E-state index in [1.807, 2.05) is 0 Å². The van der Waals surface area contributed by atoms with Crippen molar-refractivity contribution in [3.8, 4) is 0 Å². The number of aliphatic hydroxyl groups excluding tert-OH is 1. The van der Waals surface area contributed by atoms with Gasteiger partial charge in [-0.3, -0.25) is 0 Å². The van der Waals surface area contributed by atoms with Crippen molar-refractivity contribution in [3.05, 3.63) is 0 Å². The molecule has 0 aliphatic heterocycles. The first-order chi connectivity index (χ1) is 13.3. The van der Waals surface area contributed by atoms with Crippen molar-refractivity contribution in [1.29, 1.82) is 0 Å². The van der Waals surface area contributed by atoms with E-state index in [1.54, 1.807) is 0 Å². The molecule has 0 spiro atoms. The first-order valence-corrected chi connectivity index (χ1v) is 18.2. The molecule has 5 heteroatoms. The number of hydrogen-bond donors (Lipinski definition) is 1. The monoisotopic (exact) mass is 456 g/mol. The van der Waals surface area contributed by atoms with Crippen molar-refractivity contribution in [2.45, 2.75) is 130 Å². The number of rotatable bonds is 6. The highest BCUT2D eigenvalue weighted by Gasteiger charge is 2.58. The molecule has 0 unspecified atom stereocenters. The fourth-order valence-electron chi connectivity index (χ4n) is 5.44. The SMILES string of the molecule is C[C@H](CO[Si](C)(C)C(C)(C)C)[C@H]1CC[C@H]2[C@@H](O[Si](C)(C)C(C)(C)C)CC[C@H](O)[C@]12C. The maximum atomic E-state index is 11.2. The van der Waals surface area contributed by atoms with Gasteiger partial charge in [-0.2, -0.15) is 0 Å². The molecule has 0 bridgehead atoms. The lowest BCUT2D eigenvalue weighted by atomic mass is 9.60. The van der Waals surface area contributed by atoms with Gasteiger partial charge in [0.1, 0.15) is 0 Å². The van der Waals surface area contributed by atoms with E-state index in [1.165, 1.54) is 12.8 Å². The first-order valence-electron chi connectivity index (χ1n) is 12.3. The van der Waals surface area contributed by atoms with Crippen LogP contribution >= 0.6 is 0 Å². The van der Waals surface area contributed by atoms with E-state index >= 15 is 0 Å². The second kappa shape index (κ2) is 8.59. The van der Waals surface area contributed by atoms with Crippen LogP contribution in [0.15, 0.2) is 0 Å². The smallest absolute Gasteiger partial charge is 0.192 e. The normalized spacial score (nSPS) is 34.7. The fourth-order valence-corrected chi connectivity index (χ4v) is 7.94. The molecule has 2 aliphatic carbocycles. The Morgan fingerprint density at radius 3 is 1.93 bits per heavy atom. The number of fused-ring (bicyclic) bond motifs is 1. The van der Waals surface area contributed by atoms with Gasteiger partial charge in [0, 0.05) is 18.1 Å². The molecule has 2 aliphatic rings. The average Bonchev–Trinajstić information content (AvgIpc) is 2.93. The molecule has 0 aromatic rings. The highest BCUT2D eigenvalue weighted by molar-refractivity contribution is 6.74. The van der Waals surface area contributed by atoms with Gasteiger partial charge in [0.15, 0.2) is 16.6 Å². The summed E-state index contributed by atoms with van der Waals surface area (Å²) >= 11 is 0. The summed E-state index contributed by atoms with van der Waals surface area (Å²) in [4.78, 5) is 0.